The molecule has 2 heterocycles. The largest absolute Gasteiger partial charge is 0.323 e. The summed E-state index contributed by atoms with van der Waals surface area (Å²) >= 11 is 1.57. The highest BCUT2D eigenvalue weighted by molar-refractivity contribution is 7.09. The molecule has 5 nitrogen and oxygen atoms in total. The summed E-state index contributed by atoms with van der Waals surface area (Å²) in [4.78, 5) is 9.29. The van der Waals surface area contributed by atoms with Crippen LogP contribution in [0, 0.1) is 0 Å². The molecule has 0 spiro atoms. The van der Waals surface area contributed by atoms with Gasteiger partial charge in [0.15, 0.2) is 0 Å². The number of rotatable bonds is 4. The third kappa shape index (κ3) is 2.21. The van der Waals surface area contributed by atoms with E-state index in [1.807, 2.05) is 17.8 Å². The molecule has 1 unspecified atom stereocenters. The topological polar surface area (TPSA) is 69.6 Å². The molecule has 0 bridgehead atoms. The van der Waals surface area contributed by atoms with Crippen molar-refractivity contribution in [2.24, 2.45) is 5.73 Å². The van der Waals surface area contributed by atoms with Gasteiger partial charge in [-0.05, 0) is 6.92 Å². The van der Waals surface area contributed by atoms with Crippen LogP contribution in [0.4, 0.5) is 0 Å². The molecule has 0 radical (unpaired) electrons. The first-order chi connectivity index (χ1) is 7.31. The van der Waals surface area contributed by atoms with Crippen molar-refractivity contribution in [3.63, 3.8) is 0 Å². The van der Waals surface area contributed by atoms with Gasteiger partial charge in [0, 0.05) is 30.1 Å². The zero-order valence-corrected chi connectivity index (χ0v) is 9.31. The van der Waals surface area contributed by atoms with E-state index in [1.165, 1.54) is 0 Å². The number of hydrogen-bond acceptors (Lipinski definition) is 5. The SMILES string of the molecule is CCn1ncnc1CC(N)c1cncs1. The van der Waals surface area contributed by atoms with Crippen LogP contribution in [0.1, 0.15) is 23.7 Å². The van der Waals surface area contributed by atoms with Gasteiger partial charge in [-0.15, -0.1) is 11.3 Å². The Labute approximate surface area is 92.0 Å². The second-order valence-corrected chi connectivity index (χ2v) is 4.12. The highest BCUT2D eigenvalue weighted by Crippen LogP contribution is 2.17. The third-order valence-electron chi connectivity index (χ3n) is 2.21. The molecule has 0 saturated carbocycles. The van der Waals surface area contributed by atoms with Crippen LogP contribution in [0.5, 0.6) is 0 Å². The summed E-state index contributed by atoms with van der Waals surface area (Å²) in [5.74, 6) is 0.929. The maximum atomic E-state index is 6.04. The number of aromatic nitrogens is 4. The first-order valence-corrected chi connectivity index (χ1v) is 5.70. The fourth-order valence-electron chi connectivity index (χ4n) is 1.42. The van der Waals surface area contributed by atoms with E-state index in [1.54, 1.807) is 23.2 Å². The van der Waals surface area contributed by atoms with Crippen molar-refractivity contribution >= 4 is 11.3 Å². The minimum atomic E-state index is -0.0352. The second-order valence-electron chi connectivity index (χ2n) is 3.21. The Morgan fingerprint density at radius 3 is 3.13 bits per heavy atom. The zero-order chi connectivity index (χ0) is 10.7. The summed E-state index contributed by atoms with van der Waals surface area (Å²) in [7, 11) is 0. The molecule has 6 heteroatoms. The lowest BCUT2D eigenvalue weighted by atomic mass is 10.2. The minimum Gasteiger partial charge on any atom is -0.323 e. The number of nitrogens with zero attached hydrogens (tertiary/aromatic N) is 4. The van der Waals surface area contributed by atoms with Gasteiger partial charge < -0.3 is 5.73 Å². The molecule has 0 aliphatic carbocycles. The van der Waals surface area contributed by atoms with Crippen molar-refractivity contribution < 1.29 is 0 Å². The fraction of sp³-hybridized carbons (Fsp3) is 0.444. The van der Waals surface area contributed by atoms with E-state index in [2.05, 4.69) is 15.1 Å². The molecule has 15 heavy (non-hydrogen) atoms. The quantitative estimate of drug-likeness (QED) is 0.839. The van der Waals surface area contributed by atoms with Crippen molar-refractivity contribution in [3.05, 3.63) is 28.7 Å². The molecule has 0 aliphatic heterocycles. The van der Waals surface area contributed by atoms with Crippen LogP contribution in [0.3, 0.4) is 0 Å². The van der Waals surface area contributed by atoms with Crippen LogP contribution in [0.2, 0.25) is 0 Å². The van der Waals surface area contributed by atoms with E-state index in [-0.39, 0.29) is 6.04 Å². The predicted octanol–water partition coefficient (Wildman–Crippen LogP) is 0.997. The number of aryl methyl sites for hydroxylation is 1. The third-order valence-corrected chi connectivity index (χ3v) is 3.12. The first-order valence-electron chi connectivity index (χ1n) is 4.82. The van der Waals surface area contributed by atoms with Crippen LogP contribution in [-0.4, -0.2) is 19.7 Å². The van der Waals surface area contributed by atoms with Gasteiger partial charge in [0.25, 0.3) is 0 Å². The molecule has 0 saturated heterocycles. The Morgan fingerprint density at radius 2 is 2.47 bits per heavy atom. The smallest absolute Gasteiger partial charge is 0.138 e. The summed E-state index contributed by atoms with van der Waals surface area (Å²) in [5.41, 5.74) is 7.83. The average molecular weight is 223 g/mol. The first kappa shape index (κ1) is 10.3. The standard InChI is InChI=1S/C9H13N5S/c1-2-14-9(12-5-13-14)3-7(10)8-4-11-6-15-8/h4-7H,2-3,10H2,1H3. The van der Waals surface area contributed by atoms with Crippen LogP contribution in [0.25, 0.3) is 0 Å². The molecule has 80 valence electrons. The number of hydrogen-bond donors (Lipinski definition) is 1. The van der Waals surface area contributed by atoms with Gasteiger partial charge in [0.05, 0.1) is 5.51 Å². The van der Waals surface area contributed by atoms with Gasteiger partial charge in [-0.2, -0.15) is 5.10 Å². The molecular weight excluding hydrogens is 210 g/mol. The van der Waals surface area contributed by atoms with Crippen molar-refractivity contribution in [3.8, 4) is 0 Å². The molecule has 2 aromatic rings. The summed E-state index contributed by atoms with van der Waals surface area (Å²) < 4.78 is 1.86. The molecule has 0 aliphatic rings. The monoisotopic (exact) mass is 223 g/mol. The zero-order valence-electron chi connectivity index (χ0n) is 8.50. The highest BCUT2D eigenvalue weighted by Gasteiger charge is 2.12. The summed E-state index contributed by atoms with van der Waals surface area (Å²) in [6.07, 6.45) is 4.08. The predicted molar refractivity (Wildman–Crippen MR) is 58.4 cm³/mol. The van der Waals surface area contributed by atoms with Crippen LogP contribution < -0.4 is 5.73 Å². The highest BCUT2D eigenvalue weighted by atomic mass is 32.1. The maximum Gasteiger partial charge on any atom is 0.138 e. The van der Waals surface area contributed by atoms with Gasteiger partial charge in [-0.3, -0.25) is 9.67 Å². The van der Waals surface area contributed by atoms with Gasteiger partial charge in [-0.1, -0.05) is 0 Å². The molecule has 0 fully saturated rings. The fourth-order valence-corrected chi connectivity index (χ4v) is 2.04. The van der Waals surface area contributed by atoms with E-state index in [0.29, 0.717) is 6.42 Å². The van der Waals surface area contributed by atoms with E-state index >= 15 is 0 Å². The van der Waals surface area contributed by atoms with Gasteiger partial charge in [0.1, 0.15) is 12.2 Å². The molecule has 2 aromatic heterocycles. The lowest BCUT2D eigenvalue weighted by molar-refractivity contribution is 0.584. The molecule has 2 N–H and O–H groups in total. The van der Waals surface area contributed by atoms with Crippen LogP contribution in [-0.2, 0) is 13.0 Å². The van der Waals surface area contributed by atoms with Gasteiger partial charge in [-0.25, -0.2) is 4.98 Å². The van der Waals surface area contributed by atoms with Crippen molar-refractivity contribution in [2.45, 2.75) is 25.9 Å². The molecule has 0 amide bonds. The van der Waals surface area contributed by atoms with Crippen molar-refractivity contribution in [2.75, 3.05) is 0 Å². The summed E-state index contributed by atoms with van der Waals surface area (Å²) in [6, 6.07) is -0.0352. The number of nitrogens with two attached hydrogens (primary N) is 1. The minimum absolute atomic E-state index is 0.0352. The lowest BCUT2D eigenvalue weighted by Crippen LogP contribution is -2.15. The lowest BCUT2D eigenvalue weighted by Gasteiger charge is -2.08. The Morgan fingerprint density at radius 1 is 1.60 bits per heavy atom. The summed E-state index contributed by atoms with van der Waals surface area (Å²) in [5, 5.41) is 4.11. The van der Waals surface area contributed by atoms with E-state index in [9.17, 15) is 0 Å². The Hall–Kier alpha value is -1.27. The van der Waals surface area contributed by atoms with Gasteiger partial charge >= 0.3 is 0 Å². The molecule has 1 atom stereocenters. The van der Waals surface area contributed by atoms with E-state index < -0.39 is 0 Å². The molecule has 2 rings (SSSR count). The Balaban J connectivity index is 2.09. The normalized spacial score (nSPS) is 12.9. The maximum absolute atomic E-state index is 6.04. The van der Waals surface area contributed by atoms with Crippen LogP contribution in [0.15, 0.2) is 18.0 Å². The van der Waals surface area contributed by atoms with Crippen molar-refractivity contribution in [1.29, 1.82) is 0 Å². The Bertz CT molecular complexity index is 408. The average Bonchev–Trinajstić information content (AvgIpc) is 2.87. The van der Waals surface area contributed by atoms with E-state index in [4.69, 9.17) is 5.73 Å². The second kappa shape index (κ2) is 4.50. The van der Waals surface area contributed by atoms with Gasteiger partial charge in [0.2, 0.25) is 0 Å². The summed E-state index contributed by atoms with van der Waals surface area (Å²) in [6.45, 7) is 2.86. The van der Waals surface area contributed by atoms with Crippen LogP contribution >= 0.6 is 11.3 Å². The van der Waals surface area contributed by atoms with E-state index in [0.717, 1.165) is 17.2 Å². The Kier molecular flexibility index (Phi) is 3.08. The molecular formula is C9H13N5S. The molecule has 0 aromatic carbocycles. The number of thiazole rings is 1. The van der Waals surface area contributed by atoms with Crippen molar-refractivity contribution in [1.82, 2.24) is 19.7 Å².